The Labute approximate surface area is 337 Å². The number of rotatable bonds is 10. The van der Waals surface area contributed by atoms with Gasteiger partial charge in [0.25, 0.3) is 0 Å². The van der Waals surface area contributed by atoms with Crippen molar-refractivity contribution in [2.75, 3.05) is 0 Å². The minimum absolute atomic E-state index is 0.00918. The van der Waals surface area contributed by atoms with Crippen LogP contribution in [0.25, 0.3) is 0 Å². The van der Waals surface area contributed by atoms with Crippen molar-refractivity contribution in [2.45, 2.75) is 123 Å². The second-order valence-corrected chi connectivity index (χ2v) is 18.0. The van der Waals surface area contributed by atoms with Crippen molar-refractivity contribution in [2.24, 2.45) is 46.3 Å². The first-order valence-electron chi connectivity index (χ1n) is 20.1. The number of pyridine rings is 1. The van der Waals surface area contributed by atoms with E-state index in [1.165, 1.54) is 33.0 Å². The molecule has 0 amide bonds. The highest BCUT2D eigenvalue weighted by Crippen LogP contribution is 2.80. The highest BCUT2D eigenvalue weighted by atomic mass is 16.7. The van der Waals surface area contributed by atoms with E-state index >= 15 is 0 Å². The summed E-state index contributed by atoms with van der Waals surface area (Å²) in [5, 5.41) is 0. The number of carbonyl (C=O) groups excluding carboxylic acids is 6. The number of carbonyl (C=O) groups is 6. The Morgan fingerprint density at radius 3 is 2.09 bits per heavy atom. The zero-order valence-corrected chi connectivity index (χ0v) is 34.4. The predicted octanol–water partition coefficient (Wildman–Crippen LogP) is 5.65. The monoisotopic (exact) mass is 803 g/mol. The molecule has 1 aliphatic heterocycles. The molecule has 13 atom stereocenters. The van der Waals surface area contributed by atoms with Crippen LogP contribution in [0.2, 0.25) is 0 Å². The fraction of sp³-hybridized carbons (Fsp3) is 0.614. The van der Waals surface area contributed by atoms with E-state index in [0.29, 0.717) is 0 Å². The van der Waals surface area contributed by atoms with Gasteiger partial charge in [-0.2, -0.15) is 0 Å². The largest absolute Gasteiger partial charge is 0.461 e. The number of nitrogens with zero attached hydrogens (tertiary/aromatic N) is 1. The third-order valence-electron chi connectivity index (χ3n) is 13.5. The molecule has 58 heavy (non-hydrogen) atoms. The highest BCUT2D eigenvalue weighted by molar-refractivity contribution is 5.89. The van der Waals surface area contributed by atoms with Crippen LogP contribution in [-0.4, -0.2) is 82.7 Å². The van der Waals surface area contributed by atoms with Crippen LogP contribution in [-0.2, 0) is 52.3 Å². The molecular formula is C44H53NO13. The third kappa shape index (κ3) is 6.55. The summed E-state index contributed by atoms with van der Waals surface area (Å²) in [6.07, 6.45) is -5.11. The van der Waals surface area contributed by atoms with Gasteiger partial charge in [0, 0.05) is 39.3 Å². The molecule has 1 unspecified atom stereocenters. The van der Waals surface area contributed by atoms with Crippen molar-refractivity contribution < 1.29 is 61.9 Å². The molecular weight excluding hydrogens is 750 g/mol. The molecule has 0 N–H and O–H groups in total. The van der Waals surface area contributed by atoms with Crippen LogP contribution in [0.5, 0.6) is 0 Å². The van der Waals surface area contributed by atoms with Crippen LogP contribution in [0.4, 0.5) is 0 Å². The Hall–Kier alpha value is -4.85. The molecule has 4 saturated carbocycles. The first-order chi connectivity index (χ1) is 27.3. The van der Waals surface area contributed by atoms with E-state index < -0.39 is 106 Å². The first kappa shape index (κ1) is 41.3. The summed E-state index contributed by atoms with van der Waals surface area (Å²) in [6, 6.07) is 13.1. The molecule has 4 aliphatic carbocycles. The highest BCUT2D eigenvalue weighted by Gasteiger charge is 2.90. The summed E-state index contributed by atoms with van der Waals surface area (Å²) < 4.78 is 45.9. The van der Waals surface area contributed by atoms with Crippen molar-refractivity contribution in [1.29, 1.82) is 0 Å². The lowest BCUT2D eigenvalue weighted by Crippen LogP contribution is -2.66. The zero-order chi connectivity index (χ0) is 42.1. The van der Waals surface area contributed by atoms with Crippen molar-refractivity contribution in [1.82, 2.24) is 4.98 Å². The average molecular weight is 804 g/mol. The minimum Gasteiger partial charge on any atom is -0.461 e. The molecule has 5 fully saturated rings. The summed E-state index contributed by atoms with van der Waals surface area (Å²) in [4.78, 5) is 87.1. The van der Waals surface area contributed by atoms with E-state index in [9.17, 15) is 28.8 Å². The van der Waals surface area contributed by atoms with Crippen LogP contribution in [0.3, 0.4) is 0 Å². The Balaban J connectivity index is 1.55. The molecule has 1 aromatic heterocycles. The van der Waals surface area contributed by atoms with E-state index in [-0.39, 0.29) is 48.3 Å². The smallest absolute Gasteiger partial charge is 0.357 e. The van der Waals surface area contributed by atoms with Crippen LogP contribution in [0.1, 0.15) is 102 Å². The van der Waals surface area contributed by atoms with E-state index in [0.717, 1.165) is 0 Å². The van der Waals surface area contributed by atoms with Gasteiger partial charge in [-0.3, -0.25) is 19.2 Å². The predicted molar refractivity (Wildman–Crippen MR) is 202 cm³/mol. The normalized spacial score (nSPS) is 37.5. The number of benzene rings is 1. The second-order valence-electron chi connectivity index (χ2n) is 18.0. The Kier molecular flexibility index (Phi) is 10.5. The lowest BCUT2D eigenvalue weighted by Gasteiger charge is -2.52. The Bertz CT molecular complexity index is 1970. The van der Waals surface area contributed by atoms with Gasteiger partial charge >= 0.3 is 35.8 Å². The van der Waals surface area contributed by atoms with E-state index in [1.54, 1.807) is 49.4 Å². The maximum atomic E-state index is 14.4. The number of ether oxygens (including phenoxy) is 7. The molecule has 1 aromatic carbocycles. The van der Waals surface area contributed by atoms with Crippen molar-refractivity contribution in [3.8, 4) is 0 Å². The molecule has 7 rings (SSSR count). The number of esters is 6. The Morgan fingerprint density at radius 1 is 0.810 bits per heavy atom. The van der Waals surface area contributed by atoms with Crippen molar-refractivity contribution in [3.63, 3.8) is 0 Å². The Morgan fingerprint density at radius 2 is 1.48 bits per heavy atom. The summed E-state index contributed by atoms with van der Waals surface area (Å²) in [7, 11) is 0. The first-order valence-corrected chi connectivity index (χ1v) is 20.1. The van der Waals surface area contributed by atoms with Crippen LogP contribution in [0, 0.1) is 46.3 Å². The van der Waals surface area contributed by atoms with Crippen molar-refractivity contribution in [3.05, 3.63) is 66.0 Å². The molecule has 2 aromatic rings. The molecule has 0 radical (unpaired) electrons. The maximum absolute atomic E-state index is 14.4. The van der Waals surface area contributed by atoms with Gasteiger partial charge in [-0.15, -0.1) is 0 Å². The van der Waals surface area contributed by atoms with Crippen molar-refractivity contribution >= 4 is 35.8 Å². The number of hydrogen-bond acceptors (Lipinski definition) is 14. The number of aromatic nitrogens is 1. The lowest BCUT2D eigenvalue weighted by molar-refractivity contribution is -0.289. The fourth-order valence-electron chi connectivity index (χ4n) is 11.6. The molecule has 14 nitrogen and oxygen atoms in total. The molecule has 1 saturated heterocycles. The van der Waals surface area contributed by atoms with E-state index in [2.05, 4.69) is 18.8 Å². The van der Waals surface area contributed by atoms with Gasteiger partial charge in [-0.25, -0.2) is 14.6 Å². The molecule has 0 spiro atoms. The summed E-state index contributed by atoms with van der Waals surface area (Å²) in [5.41, 5.74) is -5.54. The zero-order valence-electron chi connectivity index (χ0n) is 34.4. The van der Waals surface area contributed by atoms with Crippen LogP contribution >= 0.6 is 0 Å². The molecule has 14 heteroatoms. The standard InChI is InChI=1S/C44H53NO13/c1-22(2)19-31(49)55-34-23(3)21-43(57-26(6)48)33(34)36(52-24(4)46)44-30(54-38(51)29-17-13-14-18-45-29)20-28-32(41(28,7)8)35(44)42(9,58-40(44)53-25(5)47)39(43)56-37(50)27-15-11-10-12-16-27/h10-18,22-23,28,30,32-36,39-40H,19-21H2,1-9H3/t23-,28-,30+,32-,33+,34-,35-,36+,39-,40+,42?,43+,44-/m0/s1. The topological polar surface area (TPSA) is 180 Å². The molecule has 2 bridgehead atoms. The van der Waals surface area contributed by atoms with Gasteiger partial charge < -0.3 is 33.2 Å². The van der Waals surface area contributed by atoms with Crippen LogP contribution in [0.15, 0.2) is 54.7 Å². The van der Waals surface area contributed by atoms with E-state index in [1.807, 2.05) is 20.8 Å². The summed E-state index contributed by atoms with van der Waals surface area (Å²) in [5.74, 6) is -7.48. The number of hydrogen-bond donors (Lipinski definition) is 0. The van der Waals surface area contributed by atoms with Gasteiger partial charge in [0.2, 0.25) is 6.29 Å². The quantitative estimate of drug-likeness (QED) is 0.212. The maximum Gasteiger partial charge on any atom is 0.357 e. The van der Waals surface area contributed by atoms with Gasteiger partial charge in [0.15, 0.2) is 11.7 Å². The van der Waals surface area contributed by atoms with Gasteiger partial charge in [-0.1, -0.05) is 58.9 Å². The second kappa shape index (κ2) is 14.8. The van der Waals surface area contributed by atoms with Gasteiger partial charge in [0.1, 0.15) is 35.0 Å². The molecule has 2 heterocycles. The SMILES string of the molecule is CC(=O)O[C@@H]1OC2(C)[C@H](OC(=O)c3ccccc3)[C@@]3(OC(C)=O)C[C@H](C)[C@H](OC(=O)CC(C)C)[C@@H]3[C@@H](OC(C)=O)[C@@]13[C@H](OC(=O)c1ccccn1)C[C@H]1[C@@H]([C@@H]23)C1(C)C. The lowest BCUT2D eigenvalue weighted by atomic mass is 9.56. The van der Waals surface area contributed by atoms with Gasteiger partial charge in [0.05, 0.1) is 11.5 Å². The summed E-state index contributed by atoms with van der Waals surface area (Å²) in [6.45, 7) is 15.1. The number of fused-ring (bicyclic) bond motifs is 2. The average Bonchev–Trinajstić information content (AvgIpc) is 3.43. The van der Waals surface area contributed by atoms with E-state index in [4.69, 9.17) is 33.2 Å². The molecule has 312 valence electrons. The van der Waals surface area contributed by atoms with Gasteiger partial charge in [-0.05, 0) is 73.1 Å². The molecule has 5 aliphatic rings. The minimum atomic E-state index is -1.87. The fourth-order valence-corrected chi connectivity index (χ4v) is 11.6. The third-order valence-corrected chi connectivity index (χ3v) is 13.5. The van der Waals surface area contributed by atoms with Crippen LogP contribution < -0.4 is 0 Å². The summed E-state index contributed by atoms with van der Waals surface area (Å²) >= 11 is 0.